The fraction of sp³-hybridized carbons (Fsp3) is 0.200. The van der Waals surface area contributed by atoms with Crippen molar-refractivity contribution in [2.75, 3.05) is 18.5 Å². The molecule has 0 aliphatic carbocycles. The van der Waals surface area contributed by atoms with Crippen molar-refractivity contribution in [3.05, 3.63) is 52.4 Å². The highest BCUT2D eigenvalue weighted by Crippen LogP contribution is 2.16. The highest BCUT2D eigenvalue weighted by atomic mass is 16.5. The molecule has 120 valence electrons. The van der Waals surface area contributed by atoms with Gasteiger partial charge in [-0.3, -0.25) is 14.4 Å². The molecular formula is C15H16N4O4. The SMILES string of the molecule is CC(=O)NCCOc1ccc(NC(=O)c2ccc(=O)[nH]n2)cc1. The van der Waals surface area contributed by atoms with E-state index in [-0.39, 0.29) is 17.2 Å². The zero-order chi connectivity index (χ0) is 16.7. The average Bonchev–Trinajstić information content (AvgIpc) is 2.53. The van der Waals surface area contributed by atoms with Crippen LogP contribution in [-0.4, -0.2) is 35.2 Å². The summed E-state index contributed by atoms with van der Waals surface area (Å²) in [5.74, 6) is 0.0821. The van der Waals surface area contributed by atoms with Crippen LogP contribution in [0.25, 0.3) is 0 Å². The molecule has 0 fully saturated rings. The van der Waals surface area contributed by atoms with Gasteiger partial charge in [0.1, 0.15) is 18.1 Å². The van der Waals surface area contributed by atoms with Gasteiger partial charge in [0.15, 0.2) is 0 Å². The maximum atomic E-state index is 11.9. The van der Waals surface area contributed by atoms with Crippen LogP contribution in [0.5, 0.6) is 5.75 Å². The molecule has 2 rings (SSSR count). The minimum absolute atomic E-state index is 0.109. The average molecular weight is 316 g/mol. The Balaban J connectivity index is 1.87. The van der Waals surface area contributed by atoms with Crippen LogP contribution in [-0.2, 0) is 4.79 Å². The second kappa shape index (κ2) is 7.74. The predicted octanol–water partition coefficient (Wildman–Crippen LogP) is 0.537. The number of ether oxygens (including phenoxy) is 1. The molecule has 0 aliphatic heterocycles. The lowest BCUT2D eigenvalue weighted by molar-refractivity contribution is -0.119. The predicted molar refractivity (Wildman–Crippen MR) is 83.4 cm³/mol. The summed E-state index contributed by atoms with van der Waals surface area (Å²) in [7, 11) is 0. The number of nitrogens with one attached hydrogen (secondary N) is 3. The Morgan fingerprint density at radius 2 is 1.91 bits per heavy atom. The Hall–Kier alpha value is -3.16. The van der Waals surface area contributed by atoms with Crippen molar-refractivity contribution in [2.45, 2.75) is 6.92 Å². The van der Waals surface area contributed by atoms with Gasteiger partial charge < -0.3 is 15.4 Å². The lowest BCUT2D eigenvalue weighted by atomic mass is 10.3. The van der Waals surface area contributed by atoms with Gasteiger partial charge in [0, 0.05) is 18.7 Å². The third kappa shape index (κ3) is 5.27. The van der Waals surface area contributed by atoms with Gasteiger partial charge in [0.2, 0.25) is 5.91 Å². The number of benzene rings is 1. The van der Waals surface area contributed by atoms with Gasteiger partial charge in [0.25, 0.3) is 11.5 Å². The largest absolute Gasteiger partial charge is 0.492 e. The number of aromatic amines is 1. The lowest BCUT2D eigenvalue weighted by Crippen LogP contribution is -2.25. The number of rotatable bonds is 6. The first-order valence-corrected chi connectivity index (χ1v) is 6.89. The van der Waals surface area contributed by atoms with Gasteiger partial charge >= 0.3 is 0 Å². The zero-order valence-corrected chi connectivity index (χ0v) is 12.5. The topological polar surface area (TPSA) is 113 Å². The maximum Gasteiger partial charge on any atom is 0.276 e. The fourth-order valence-corrected chi connectivity index (χ4v) is 1.70. The number of aromatic nitrogens is 2. The van der Waals surface area contributed by atoms with E-state index in [2.05, 4.69) is 20.8 Å². The Labute approximate surface area is 131 Å². The summed E-state index contributed by atoms with van der Waals surface area (Å²) < 4.78 is 5.43. The van der Waals surface area contributed by atoms with E-state index in [1.165, 1.54) is 19.1 Å². The molecule has 3 N–H and O–H groups in total. The summed E-state index contributed by atoms with van der Waals surface area (Å²) in [4.78, 5) is 33.5. The van der Waals surface area contributed by atoms with Crippen LogP contribution in [0.1, 0.15) is 17.4 Å². The molecule has 0 saturated heterocycles. The van der Waals surface area contributed by atoms with Crippen LogP contribution >= 0.6 is 0 Å². The molecule has 0 bridgehead atoms. The molecule has 0 aliphatic rings. The first kappa shape index (κ1) is 16.2. The van der Waals surface area contributed by atoms with E-state index in [1.54, 1.807) is 24.3 Å². The van der Waals surface area contributed by atoms with Crippen molar-refractivity contribution >= 4 is 17.5 Å². The van der Waals surface area contributed by atoms with Crippen molar-refractivity contribution < 1.29 is 14.3 Å². The van der Waals surface area contributed by atoms with Crippen molar-refractivity contribution in [1.82, 2.24) is 15.5 Å². The van der Waals surface area contributed by atoms with Crippen LogP contribution in [0, 0.1) is 0 Å². The van der Waals surface area contributed by atoms with Crippen molar-refractivity contribution in [1.29, 1.82) is 0 Å². The standard InChI is InChI=1S/C15H16N4O4/c1-10(20)16-8-9-23-12-4-2-11(3-5-12)17-15(22)13-6-7-14(21)19-18-13/h2-7H,8-9H2,1H3,(H,16,20)(H,17,22)(H,19,21). The van der Waals surface area contributed by atoms with Gasteiger partial charge in [0.05, 0.1) is 6.54 Å². The number of carbonyl (C=O) groups is 2. The molecule has 0 atom stereocenters. The summed E-state index contributed by atoms with van der Waals surface area (Å²) in [5, 5.41) is 11.1. The highest BCUT2D eigenvalue weighted by molar-refractivity contribution is 6.02. The first-order chi connectivity index (χ1) is 11.0. The van der Waals surface area contributed by atoms with E-state index in [1.807, 2.05) is 0 Å². The van der Waals surface area contributed by atoms with Crippen molar-refractivity contribution in [2.24, 2.45) is 0 Å². The number of hydrogen-bond donors (Lipinski definition) is 3. The highest BCUT2D eigenvalue weighted by Gasteiger charge is 2.07. The molecular weight excluding hydrogens is 300 g/mol. The third-order valence-corrected chi connectivity index (χ3v) is 2.77. The molecule has 1 aromatic heterocycles. The molecule has 1 heterocycles. The minimum Gasteiger partial charge on any atom is -0.492 e. The Bertz CT molecular complexity index is 719. The van der Waals surface area contributed by atoms with Gasteiger partial charge in [-0.15, -0.1) is 0 Å². The van der Waals surface area contributed by atoms with Gasteiger partial charge in [-0.05, 0) is 30.3 Å². The normalized spacial score (nSPS) is 9.96. The summed E-state index contributed by atoms with van der Waals surface area (Å²) in [6.45, 7) is 2.22. The third-order valence-electron chi connectivity index (χ3n) is 2.77. The Morgan fingerprint density at radius 1 is 1.17 bits per heavy atom. The van der Waals surface area contributed by atoms with Crippen LogP contribution in [0.2, 0.25) is 0 Å². The van der Waals surface area contributed by atoms with Gasteiger partial charge in [-0.1, -0.05) is 0 Å². The molecule has 8 heteroatoms. The Kier molecular flexibility index (Phi) is 5.45. The molecule has 1 aromatic carbocycles. The molecule has 2 aromatic rings. The number of carbonyl (C=O) groups excluding carboxylic acids is 2. The van der Waals surface area contributed by atoms with Crippen LogP contribution in [0.15, 0.2) is 41.2 Å². The number of H-pyrrole nitrogens is 1. The summed E-state index contributed by atoms with van der Waals surface area (Å²) in [6.07, 6.45) is 0. The number of anilines is 1. The molecule has 0 radical (unpaired) electrons. The van der Waals surface area contributed by atoms with Crippen LogP contribution in [0.3, 0.4) is 0 Å². The summed E-state index contributed by atoms with van der Waals surface area (Å²) in [5.41, 5.74) is 0.305. The molecule has 0 unspecified atom stereocenters. The lowest BCUT2D eigenvalue weighted by Gasteiger charge is -2.08. The van der Waals surface area contributed by atoms with Gasteiger partial charge in [-0.25, -0.2) is 5.10 Å². The van der Waals surface area contributed by atoms with E-state index in [4.69, 9.17) is 4.74 Å². The maximum absolute atomic E-state index is 11.9. The Morgan fingerprint density at radius 3 is 2.52 bits per heavy atom. The van der Waals surface area contributed by atoms with E-state index in [9.17, 15) is 14.4 Å². The molecule has 0 spiro atoms. The monoisotopic (exact) mass is 316 g/mol. The number of amides is 2. The van der Waals surface area contributed by atoms with Crippen LogP contribution in [0.4, 0.5) is 5.69 Å². The van der Waals surface area contributed by atoms with Gasteiger partial charge in [-0.2, -0.15) is 5.10 Å². The van der Waals surface area contributed by atoms with E-state index < -0.39 is 5.91 Å². The summed E-state index contributed by atoms with van der Waals surface area (Å²) in [6, 6.07) is 9.32. The van der Waals surface area contributed by atoms with Crippen molar-refractivity contribution in [3.8, 4) is 5.75 Å². The second-order valence-electron chi connectivity index (χ2n) is 4.62. The quantitative estimate of drug-likeness (QED) is 0.673. The number of nitrogens with zero attached hydrogens (tertiary/aromatic N) is 1. The zero-order valence-electron chi connectivity index (χ0n) is 12.5. The van der Waals surface area contributed by atoms with Crippen LogP contribution < -0.4 is 20.9 Å². The summed E-state index contributed by atoms with van der Waals surface area (Å²) >= 11 is 0. The van der Waals surface area contributed by atoms with E-state index in [0.29, 0.717) is 24.6 Å². The number of hydrogen-bond acceptors (Lipinski definition) is 5. The molecule has 2 amide bonds. The van der Waals surface area contributed by atoms with Crippen molar-refractivity contribution in [3.63, 3.8) is 0 Å². The molecule has 8 nitrogen and oxygen atoms in total. The van der Waals surface area contributed by atoms with E-state index >= 15 is 0 Å². The molecule has 23 heavy (non-hydrogen) atoms. The smallest absolute Gasteiger partial charge is 0.276 e. The van der Waals surface area contributed by atoms with E-state index in [0.717, 1.165) is 0 Å². The fourth-order valence-electron chi connectivity index (χ4n) is 1.70. The molecule has 0 saturated carbocycles. The second-order valence-corrected chi connectivity index (χ2v) is 4.62. The minimum atomic E-state index is -0.430. The first-order valence-electron chi connectivity index (χ1n) is 6.89.